The lowest BCUT2D eigenvalue weighted by Gasteiger charge is -2.48. The summed E-state index contributed by atoms with van der Waals surface area (Å²) in [6, 6.07) is 10.4. The van der Waals surface area contributed by atoms with Crippen molar-refractivity contribution in [1.82, 2.24) is 4.98 Å². The minimum Gasteiger partial charge on any atom is -0.381 e. The Morgan fingerprint density at radius 1 is 1.09 bits per heavy atom. The highest BCUT2D eigenvalue weighted by Crippen LogP contribution is 2.41. The fourth-order valence-electron chi connectivity index (χ4n) is 6.04. The monoisotopic (exact) mass is 478 g/mol. The molecule has 1 saturated heterocycles. The lowest BCUT2D eigenvalue weighted by atomic mass is 9.86. The number of carbonyl (C=O) groups excluding carboxylic acids is 1. The second kappa shape index (κ2) is 9.10. The first-order valence-corrected chi connectivity index (χ1v) is 12.8. The van der Waals surface area contributed by atoms with Crippen molar-refractivity contribution in [2.24, 2.45) is 5.92 Å². The van der Waals surface area contributed by atoms with Crippen LogP contribution in [0.25, 0.3) is 0 Å². The molecule has 7 nitrogen and oxygen atoms in total. The lowest BCUT2D eigenvalue weighted by molar-refractivity contribution is -0.133. The van der Waals surface area contributed by atoms with Crippen LogP contribution in [0.2, 0.25) is 0 Å². The molecule has 0 spiro atoms. The molecule has 3 aliphatic rings. The highest BCUT2D eigenvalue weighted by molar-refractivity contribution is 6.00. The molecule has 0 bridgehead atoms. The van der Waals surface area contributed by atoms with E-state index in [-0.39, 0.29) is 29.1 Å². The maximum Gasteiger partial charge on any atom is 0.230 e. The molecule has 1 N–H and O–H groups in total. The Morgan fingerprint density at radius 2 is 1.80 bits per heavy atom. The van der Waals surface area contributed by atoms with Crippen LogP contribution in [-0.4, -0.2) is 48.4 Å². The Hall–Kier alpha value is -2.64. The number of nitrogens with zero attached hydrogens (tertiary/aromatic N) is 3. The van der Waals surface area contributed by atoms with Crippen LogP contribution in [0.15, 0.2) is 36.5 Å². The van der Waals surface area contributed by atoms with Gasteiger partial charge in [0.1, 0.15) is 5.82 Å². The summed E-state index contributed by atoms with van der Waals surface area (Å²) >= 11 is 0. The minimum absolute atomic E-state index is 0.0115. The number of fused-ring (bicyclic) bond motifs is 2. The number of methoxy groups -OCH3 is 1. The number of ether oxygens (including phenoxy) is 2. The second-order valence-corrected chi connectivity index (χ2v) is 11.4. The van der Waals surface area contributed by atoms with Crippen LogP contribution in [0.4, 0.5) is 22.9 Å². The van der Waals surface area contributed by atoms with Gasteiger partial charge >= 0.3 is 0 Å². The number of aromatic nitrogens is 1. The molecule has 1 aromatic heterocycles. The molecule has 35 heavy (non-hydrogen) atoms. The van der Waals surface area contributed by atoms with E-state index in [1.165, 1.54) is 0 Å². The van der Waals surface area contributed by atoms with E-state index in [1.54, 1.807) is 13.3 Å². The molecule has 0 radical (unpaired) electrons. The van der Waals surface area contributed by atoms with Crippen LogP contribution in [0.1, 0.15) is 58.9 Å². The Kier molecular flexibility index (Phi) is 6.26. The van der Waals surface area contributed by atoms with Gasteiger partial charge in [-0.2, -0.15) is 0 Å². The Bertz CT molecular complexity index is 1080. The van der Waals surface area contributed by atoms with Gasteiger partial charge in [-0.25, -0.2) is 4.98 Å². The molecule has 1 amide bonds. The predicted octanol–water partition coefficient (Wildman–Crippen LogP) is 5.27. The molecule has 3 heterocycles. The van der Waals surface area contributed by atoms with Crippen LogP contribution in [0.5, 0.6) is 0 Å². The van der Waals surface area contributed by atoms with Crippen molar-refractivity contribution >= 4 is 28.8 Å². The van der Waals surface area contributed by atoms with E-state index in [0.29, 0.717) is 6.54 Å². The molecule has 0 unspecified atom stereocenters. The molecule has 1 aliphatic carbocycles. The normalized spacial score (nSPS) is 25.2. The van der Waals surface area contributed by atoms with Crippen LogP contribution < -0.4 is 15.1 Å². The summed E-state index contributed by atoms with van der Waals surface area (Å²) < 4.78 is 11.9. The number of hydrogen-bond acceptors (Lipinski definition) is 6. The Balaban J connectivity index is 1.51. The predicted molar refractivity (Wildman–Crippen MR) is 139 cm³/mol. The zero-order valence-electron chi connectivity index (χ0n) is 21.6. The molecule has 5 rings (SSSR count). The SMILES string of the molecule is COC1CCC(C(=O)N2Cc3cccnc3Nc3ccc(N4CC(C)(C)OC(C)(C)C4)cc32)CC1. The van der Waals surface area contributed by atoms with Crippen LogP contribution >= 0.6 is 0 Å². The molecule has 2 aliphatic heterocycles. The largest absolute Gasteiger partial charge is 0.381 e. The summed E-state index contributed by atoms with van der Waals surface area (Å²) in [6.07, 6.45) is 5.65. The smallest absolute Gasteiger partial charge is 0.230 e. The van der Waals surface area contributed by atoms with E-state index in [4.69, 9.17) is 9.47 Å². The fourth-order valence-corrected chi connectivity index (χ4v) is 6.04. The van der Waals surface area contributed by atoms with E-state index in [1.807, 2.05) is 11.0 Å². The van der Waals surface area contributed by atoms with Gasteiger partial charge in [0.05, 0.1) is 35.2 Å². The summed E-state index contributed by atoms with van der Waals surface area (Å²) in [7, 11) is 1.77. The summed E-state index contributed by atoms with van der Waals surface area (Å²) in [5.74, 6) is 1.02. The van der Waals surface area contributed by atoms with Crippen molar-refractivity contribution in [3.8, 4) is 0 Å². The summed E-state index contributed by atoms with van der Waals surface area (Å²) in [5, 5.41) is 3.50. The highest BCUT2D eigenvalue weighted by atomic mass is 16.5. The van der Waals surface area contributed by atoms with Gasteiger partial charge < -0.3 is 24.6 Å². The van der Waals surface area contributed by atoms with Crippen molar-refractivity contribution < 1.29 is 14.3 Å². The maximum absolute atomic E-state index is 14.0. The van der Waals surface area contributed by atoms with Crippen molar-refractivity contribution in [1.29, 1.82) is 0 Å². The molecule has 0 atom stereocenters. The number of benzene rings is 1. The van der Waals surface area contributed by atoms with Crippen molar-refractivity contribution in [2.75, 3.05) is 35.3 Å². The number of carbonyl (C=O) groups is 1. The topological polar surface area (TPSA) is 66.9 Å². The van der Waals surface area contributed by atoms with E-state index in [9.17, 15) is 4.79 Å². The molecule has 2 aromatic rings. The molecule has 1 aromatic carbocycles. The molecule has 1 saturated carbocycles. The van der Waals surface area contributed by atoms with E-state index in [0.717, 1.165) is 67.2 Å². The quantitative estimate of drug-likeness (QED) is 0.648. The van der Waals surface area contributed by atoms with Gasteiger partial charge in [-0.05, 0) is 77.6 Å². The van der Waals surface area contributed by atoms with E-state index < -0.39 is 0 Å². The number of pyridine rings is 1. The lowest BCUT2D eigenvalue weighted by Crippen LogP contribution is -2.57. The molecular formula is C28H38N4O3. The number of anilines is 4. The van der Waals surface area contributed by atoms with Crippen LogP contribution in [0, 0.1) is 5.92 Å². The zero-order valence-corrected chi connectivity index (χ0v) is 21.6. The van der Waals surface area contributed by atoms with Gasteiger partial charge in [0.2, 0.25) is 5.91 Å². The first-order chi connectivity index (χ1) is 16.6. The van der Waals surface area contributed by atoms with Gasteiger partial charge in [-0.1, -0.05) is 6.07 Å². The third kappa shape index (κ3) is 5.02. The van der Waals surface area contributed by atoms with Crippen molar-refractivity contribution in [3.63, 3.8) is 0 Å². The fraction of sp³-hybridized carbons (Fsp3) is 0.571. The molecule has 7 heteroatoms. The third-order valence-electron chi connectivity index (χ3n) is 7.43. The van der Waals surface area contributed by atoms with Gasteiger partial charge in [0.25, 0.3) is 0 Å². The highest BCUT2D eigenvalue weighted by Gasteiger charge is 2.39. The van der Waals surface area contributed by atoms with E-state index in [2.05, 4.69) is 67.2 Å². The number of rotatable bonds is 3. The summed E-state index contributed by atoms with van der Waals surface area (Å²) in [4.78, 5) is 22.9. The molecule has 2 fully saturated rings. The van der Waals surface area contributed by atoms with Gasteiger partial charge in [0.15, 0.2) is 0 Å². The first kappa shape index (κ1) is 24.1. The van der Waals surface area contributed by atoms with Crippen molar-refractivity contribution in [3.05, 3.63) is 42.1 Å². The number of hydrogen-bond donors (Lipinski definition) is 1. The average molecular weight is 479 g/mol. The van der Waals surface area contributed by atoms with Gasteiger partial charge in [0, 0.05) is 43.6 Å². The Labute approximate surface area is 208 Å². The van der Waals surface area contributed by atoms with Gasteiger partial charge in [-0.3, -0.25) is 4.79 Å². The molecular weight excluding hydrogens is 440 g/mol. The number of nitrogens with one attached hydrogen (secondary N) is 1. The van der Waals surface area contributed by atoms with Gasteiger partial charge in [-0.15, -0.1) is 0 Å². The molecule has 188 valence electrons. The minimum atomic E-state index is -0.261. The van der Waals surface area contributed by atoms with Crippen LogP contribution in [0.3, 0.4) is 0 Å². The standard InChI is InChI=1S/C28H38N4O3/c1-27(2)17-31(18-28(3,4)35-27)21-10-13-23-24(15-21)32(16-20-7-6-14-29-25(20)30-23)26(33)19-8-11-22(34-5)12-9-19/h6-7,10,13-15,19,22H,8-9,11-12,16-18H2,1-5H3,(H,29,30). The second-order valence-electron chi connectivity index (χ2n) is 11.4. The number of morpholine rings is 1. The number of amides is 1. The average Bonchev–Trinajstić information content (AvgIpc) is 2.98. The maximum atomic E-state index is 14.0. The first-order valence-electron chi connectivity index (χ1n) is 12.8. The zero-order chi connectivity index (χ0) is 24.8. The van der Waals surface area contributed by atoms with Crippen molar-refractivity contribution in [2.45, 2.75) is 77.2 Å². The summed E-state index contributed by atoms with van der Waals surface area (Å²) in [6.45, 7) is 10.6. The third-order valence-corrected chi connectivity index (χ3v) is 7.43. The van der Waals surface area contributed by atoms with Crippen LogP contribution in [-0.2, 0) is 20.8 Å². The Morgan fingerprint density at radius 3 is 2.49 bits per heavy atom. The summed E-state index contributed by atoms with van der Waals surface area (Å²) in [5.41, 5.74) is 3.44. The van der Waals surface area contributed by atoms with E-state index >= 15 is 0 Å².